The number of rotatable bonds is 9. The third kappa shape index (κ3) is 4.86. The lowest BCUT2D eigenvalue weighted by Crippen LogP contribution is -2.30. The van der Waals surface area contributed by atoms with Gasteiger partial charge in [0.05, 0.1) is 43.0 Å². The number of aliphatic hydroxyl groups is 1. The van der Waals surface area contributed by atoms with Gasteiger partial charge < -0.3 is 29.3 Å². The van der Waals surface area contributed by atoms with Crippen molar-refractivity contribution >= 4 is 40.7 Å². The third-order valence-electron chi connectivity index (χ3n) is 5.69. The number of halogens is 2. The molecule has 0 saturated carbocycles. The van der Waals surface area contributed by atoms with E-state index in [4.69, 9.17) is 37.4 Å². The van der Waals surface area contributed by atoms with Crippen molar-refractivity contribution in [1.29, 1.82) is 0 Å². The second-order valence-corrected chi connectivity index (χ2v) is 8.58. The molecule has 1 saturated heterocycles. The molecule has 1 heterocycles. The van der Waals surface area contributed by atoms with Crippen LogP contribution in [-0.2, 0) is 9.59 Å². The van der Waals surface area contributed by atoms with Crippen molar-refractivity contribution in [3.8, 4) is 23.0 Å². The zero-order valence-corrected chi connectivity index (χ0v) is 21.4. The summed E-state index contributed by atoms with van der Waals surface area (Å²) in [4.78, 5) is 27.7. The summed E-state index contributed by atoms with van der Waals surface area (Å²) in [6.45, 7) is 4.32. The topological polar surface area (TPSA) is 106 Å². The summed E-state index contributed by atoms with van der Waals surface area (Å²) in [6, 6.07) is 4.96. The maximum absolute atomic E-state index is 13.2. The standard InChI is InChI=1S/C25H27Cl2NO7/c1-5-7-10-28-20(13-8-9-16(29)17(11-13)35-6-2)18(22(31)25(28)32)21(30)14-12-15(26)24(34-4)19(27)23(14)33-3/h8-9,11-12,20,29-30H,5-7,10H2,1-4H3/b21-18+. The Balaban J connectivity index is 2.30. The maximum Gasteiger partial charge on any atom is 0.295 e. The Morgan fingerprint density at radius 2 is 1.77 bits per heavy atom. The minimum atomic E-state index is -0.939. The van der Waals surface area contributed by atoms with E-state index in [9.17, 15) is 19.8 Å². The summed E-state index contributed by atoms with van der Waals surface area (Å²) < 4.78 is 16.1. The quantitative estimate of drug-likeness (QED) is 0.259. The summed E-state index contributed by atoms with van der Waals surface area (Å²) in [5, 5.41) is 21.6. The van der Waals surface area contributed by atoms with Crippen LogP contribution in [0.2, 0.25) is 10.0 Å². The van der Waals surface area contributed by atoms with Crippen molar-refractivity contribution < 1.29 is 34.0 Å². The molecule has 0 spiro atoms. The van der Waals surface area contributed by atoms with E-state index in [1.54, 1.807) is 19.1 Å². The van der Waals surface area contributed by atoms with Gasteiger partial charge in [-0.15, -0.1) is 0 Å². The van der Waals surface area contributed by atoms with Gasteiger partial charge in [0.1, 0.15) is 10.8 Å². The Morgan fingerprint density at radius 1 is 1.09 bits per heavy atom. The number of phenols is 1. The average Bonchev–Trinajstić information content (AvgIpc) is 3.08. The fraction of sp³-hybridized carbons (Fsp3) is 0.360. The van der Waals surface area contributed by atoms with Gasteiger partial charge in [-0.2, -0.15) is 0 Å². The molecule has 0 aliphatic carbocycles. The van der Waals surface area contributed by atoms with Crippen molar-refractivity contribution in [3.05, 3.63) is 51.0 Å². The van der Waals surface area contributed by atoms with Gasteiger partial charge in [0.2, 0.25) is 0 Å². The number of ether oxygens (including phenoxy) is 3. The number of phenolic OH excluding ortho intramolecular Hbond substituents is 1. The van der Waals surface area contributed by atoms with E-state index in [2.05, 4.69) is 0 Å². The van der Waals surface area contributed by atoms with Crippen LogP contribution >= 0.6 is 23.2 Å². The smallest absolute Gasteiger partial charge is 0.295 e. The number of hydrogen-bond donors (Lipinski definition) is 2. The molecular formula is C25H27Cl2NO7. The van der Waals surface area contributed by atoms with Crippen LogP contribution in [0.5, 0.6) is 23.0 Å². The van der Waals surface area contributed by atoms with E-state index in [0.29, 0.717) is 18.6 Å². The molecule has 188 valence electrons. The Labute approximate surface area is 213 Å². The molecule has 0 bridgehead atoms. The van der Waals surface area contributed by atoms with E-state index >= 15 is 0 Å². The van der Waals surface area contributed by atoms with Crippen molar-refractivity contribution in [2.45, 2.75) is 32.7 Å². The molecule has 1 atom stereocenters. The number of ketones is 1. The Hall–Kier alpha value is -3.10. The molecule has 3 rings (SSSR count). The number of hydrogen-bond acceptors (Lipinski definition) is 7. The summed E-state index contributed by atoms with van der Waals surface area (Å²) in [5.41, 5.74) is 0.355. The number of carbonyl (C=O) groups excluding carboxylic acids is 2. The van der Waals surface area contributed by atoms with Crippen LogP contribution in [-0.4, -0.2) is 54.2 Å². The van der Waals surface area contributed by atoms with Crippen LogP contribution < -0.4 is 14.2 Å². The molecule has 8 nitrogen and oxygen atoms in total. The molecule has 1 aliphatic rings. The number of unbranched alkanes of at least 4 members (excludes halogenated alkanes) is 1. The molecule has 2 N–H and O–H groups in total. The van der Waals surface area contributed by atoms with Gasteiger partial charge in [-0.3, -0.25) is 9.59 Å². The predicted molar refractivity (Wildman–Crippen MR) is 133 cm³/mol. The summed E-state index contributed by atoms with van der Waals surface area (Å²) >= 11 is 12.7. The highest BCUT2D eigenvalue weighted by Crippen LogP contribution is 2.47. The molecular weight excluding hydrogens is 497 g/mol. The number of nitrogens with zero attached hydrogens (tertiary/aromatic N) is 1. The van der Waals surface area contributed by atoms with Crippen LogP contribution in [0.15, 0.2) is 29.8 Å². The molecule has 1 fully saturated rings. The second-order valence-electron chi connectivity index (χ2n) is 7.79. The number of aliphatic hydroxyl groups excluding tert-OH is 1. The van der Waals surface area contributed by atoms with Gasteiger partial charge in [-0.1, -0.05) is 42.6 Å². The molecule has 0 radical (unpaired) electrons. The van der Waals surface area contributed by atoms with E-state index in [0.717, 1.165) is 6.42 Å². The SMILES string of the molecule is CCCCN1C(=O)C(=O)/C(=C(/O)c2cc(Cl)c(OC)c(Cl)c2OC)C1c1ccc(O)c(OCC)c1. The number of methoxy groups -OCH3 is 2. The van der Waals surface area contributed by atoms with E-state index in [-0.39, 0.29) is 50.7 Å². The number of benzene rings is 2. The fourth-order valence-electron chi connectivity index (χ4n) is 4.05. The molecule has 2 aromatic carbocycles. The maximum atomic E-state index is 13.2. The van der Waals surface area contributed by atoms with Gasteiger partial charge in [0.15, 0.2) is 23.0 Å². The predicted octanol–water partition coefficient (Wildman–Crippen LogP) is 5.34. The van der Waals surface area contributed by atoms with Crippen molar-refractivity contribution in [1.82, 2.24) is 4.90 Å². The Morgan fingerprint density at radius 3 is 2.37 bits per heavy atom. The van der Waals surface area contributed by atoms with Crippen molar-refractivity contribution in [3.63, 3.8) is 0 Å². The van der Waals surface area contributed by atoms with Crippen LogP contribution in [0.25, 0.3) is 5.76 Å². The third-order valence-corrected chi connectivity index (χ3v) is 6.31. The Kier molecular flexibility index (Phi) is 8.40. The fourth-order valence-corrected chi connectivity index (χ4v) is 4.74. The first-order valence-corrected chi connectivity index (χ1v) is 11.8. The molecule has 1 unspecified atom stereocenters. The number of likely N-dealkylation sites (tertiary alicyclic amines) is 1. The molecule has 10 heteroatoms. The van der Waals surface area contributed by atoms with E-state index in [1.807, 2.05) is 6.92 Å². The van der Waals surface area contributed by atoms with Gasteiger partial charge in [-0.25, -0.2) is 0 Å². The Bertz CT molecular complexity index is 1180. The normalized spacial score (nSPS) is 17.1. The number of amides is 1. The van der Waals surface area contributed by atoms with Gasteiger partial charge in [0, 0.05) is 6.54 Å². The molecule has 0 aromatic heterocycles. The first-order valence-electron chi connectivity index (χ1n) is 11.1. The number of Topliss-reactive ketones (excluding diaryl/α,β-unsaturated/α-hetero) is 1. The number of carbonyl (C=O) groups is 2. The van der Waals surface area contributed by atoms with Crippen molar-refractivity contribution in [2.75, 3.05) is 27.4 Å². The lowest BCUT2D eigenvalue weighted by molar-refractivity contribution is -0.139. The first-order chi connectivity index (χ1) is 16.7. The van der Waals surface area contributed by atoms with Crippen LogP contribution in [0, 0.1) is 0 Å². The minimum Gasteiger partial charge on any atom is -0.507 e. The largest absolute Gasteiger partial charge is 0.507 e. The summed E-state index contributed by atoms with van der Waals surface area (Å²) in [6.07, 6.45) is 1.43. The minimum absolute atomic E-state index is 0.00378. The number of aromatic hydroxyl groups is 1. The summed E-state index contributed by atoms with van der Waals surface area (Å²) in [7, 11) is 2.73. The highest BCUT2D eigenvalue weighted by Gasteiger charge is 2.46. The monoisotopic (exact) mass is 523 g/mol. The zero-order chi connectivity index (χ0) is 25.9. The zero-order valence-electron chi connectivity index (χ0n) is 19.9. The van der Waals surface area contributed by atoms with Gasteiger partial charge in [0.25, 0.3) is 11.7 Å². The van der Waals surface area contributed by atoms with Crippen LogP contribution in [0.4, 0.5) is 0 Å². The molecule has 1 aliphatic heterocycles. The lowest BCUT2D eigenvalue weighted by Gasteiger charge is -2.26. The van der Waals surface area contributed by atoms with E-state index in [1.165, 1.54) is 31.3 Å². The molecule has 1 amide bonds. The first kappa shape index (κ1) is 26.5. The highest BCUT2D eigenvalue weighted by molar-refractivity contribution is 6.47. The molecule has 35 heavy (non-hydrogen) atoms. The van der Waals surface area contributed by atoms with Gasteiger partial charge >= 0.3 is 0 Å². The molecule has 2 aromatic rings. The van der Waals surface area contributed by atoms with Crippen LogP contribution in [0.3, 0.4) is 0 Å². The van der Waals surface area contributed by atoms with Crippen LogP contribution in [0.1, 0.15) is 43.9 Å². The summed E-state index contributed by atoms with van der Waals surface area (Å²) in [5.74, 6) is -1.83. The van der Waals surface area contributed by atoms with E-state index < -0.39 is 23.5 Å². The lowest BCUT2D eigenvalue weighted by atomic mass is 9.94. The average molecular weight is 524 g/mol. The van der Waals surface area contributed by atoms with Gasteiger partial charge in [-0.05, 0) is 37.1 Å². The second kappa shape index (κ2) is 11.1. The van der Waals surface area contributed by atoms with Crippen molar-refractivity contribution in [2.24, 2.45) is 0 Å². The highest BCUT2D eigenvalue weighted by atomic mass is 35.5.